The van der Waals surface area contributed by atoms with Gasteiger partial charge in [-0.25, -0.2) is 4.79 Å². The minimum Gasteiger partial charge on any atom is -0.437 e. The molecular weight excluding hydrogens is 249 g/mol. The normalized spacial score (nSPS) is 11.1. The van der Waals surface area contributed by atoms with Crippen LogP contribution in [0, 0.1) is 0 Å². The fourth-order valence-electron chi connectivity index (χ4n) is 0.923. The molecule has 0 aliphatic rings. The monoisotopic (exact) mass is 254 g/mol. The lowest BCUT2D eigenvalue weighted by molar-refractivity contribution is -0.137. The van der Waals surface area contributed by atoms with Crippen molar-refractivity contribution >= 4 is 17.8 Å². The maximum atomic E-state index is 12.4. The topological polar surface area (TPSA) is 35.5 Å². The molecule has 0 bridgehead atoms. The predicted molar refractivity (Wildman–Crippen MR) is 49.5 cm³/mol. The number of alkyl halides is 3. The lowest BCUT2D eigenvalue weighted by atomic mass is 10.2. The van der Waals surface area contributed by atoms with Crippen LogP contribution in [0.5, 0.6) is 5.75 Å². The molecule has 7 heteroatoms. The molecule has 0 heterocycles. The Kier molecular flexibility index (Phi) is 3.64. The average molecular weight is 255 g/mol. The standard InChI is InChI=1S/C9H6ClF3O3/c1-15-8(14)16-5-2-3-7(10)6(4-5)9(11,12)13/h2-4H,1H3. The van der Waals surface area contributed by atoms with Gasteiger partial charge in [0.2, 0.25) is 0 Å². The fourth-order valence-corrected chi connectivity index (χ4v) is 1.15. The van der Waals surface area contributed by atoms with E-state index in [1.165, 1.54) is 0 Å². The summed E-state index contributed by atoms with van der Waals surface area (Å²) in [4.78, 5) is 10.7. The van der Waals surface area contributed by atoms with E-state index in [0.29, 0.717) is 6.07 Å². The molecule has 1 rings (SSSR count). The Bertz CT molecular complexity index is 403. The van der Waals surface area contributed by atoms with Gasteiger partial charge in [-0.05, 0) is 18.2 Å². The zero-order valence-electron chi connectivity index (χ0n) is 7.97. The quantitative estimate of drug-likeness (QED) is 0.568. The van der Waals surface area contributed by atoms with Crippen LogP contribution < -0.4 is 4.74 Å². The second-order valence-electron chi connectivity index (χ2n) is 2.70. The van der Waals surface area contributed by atoms with Gasteiger partial charge in [-0.15, -0.1) is 0 Å². The van der Waals surface area contributed by atoms with Crippen molar-refractivity contribution in [3.63, 3.8) is 0 Å². The molecule has 1 aromatic carbocycles. The van der Waals surface area contributed by atoms with Gasteiger partial charge in [-0.2, -0.15) is 13.2 Å². The van der Waals surface area contributed by atoms with E-state index in [1.807, 2.05) is 0 Å². The molecule has 0 fully saturated rings. The molecule has 0 N–H and O–H groups in total. The summed E-state index contributed by atoms with van der Waals surface area (Å²) in [6.07, 6.45) is -5.71. The van der Waals surface area contributed by atoms with Crippen molar-refractivity contribution in [1.29, 1.82) is 0 Å². The van der Waals surface area contributed by atoms with E-state index in [-0.39, 0.29) is 5.75 Å². The van der Waals surface area contributed by atoms with Crippen molar-refractivity contribution in [3.8, 4) is 5.75 Å². The van der Waals surface area contributed by atoms with Crippen LogP contribution in [0.2, 0.25) is 5.02 Å². The molecule has 0 amide bonds. The van der Waals surface area contributed by atoms with E-state index in [4.69, 9.17) is 11.6 Å². The molecular formula is C9H6ClF3O3. The summed E-state index contributed by atoms with van der Waals surface area (Å²) in [5, 5.41) is -0.468. The molecule has 88 valence electrons. The first-order valence-electron chi connectivity index (χ1n) is 3.97. The molecule has 3 nitrogen and oxygen atoms in total. The molecule has 0 aromatic heterocycles. The minimum atomic E-state index is -4.60. The van der Waals surface area contributed by atoms with Gasteiger partial charge in [-0.3, -0.25) is 0 Å². The zero-order chi connectivity index (χ0) is 12.3. The first-order valence-corrected chi connectivity index (χ1v) is 4.35. The second-order valence-corrected chi connectivity index (χ2v) is 3.10. The summed E-state index contributed by atoms with van der Waals surface area (Å²) in [5.74, 6) is -0.288. The summed E-state index contributed by atoms with van der Waals surface area (Å²) in [6, 6.07) is 2.75. The van der Waals surface area contributed by atoms with Crippen LogP contribution in [0.15, 0.2) is 18.2 Å². The van der Waals surface area contributed by atoms with Crippen LogP contribution >= 0.6 is 11.6 Å². The summed E-state index contributed by atoms with van der Waals surface area (Å²) >= 11 is 5.36. The number of rotatable bonds is 1. The second kappa shape index (κ2) is 4.61. The molecule has 0 saturated carbocycles. The lowest BCUT2D eigenvalue weighted by Crippen LogP contribution is -2.10. The molecule has 0 aliphatic carbocycles. The molecule has 0 saturated heterocycles. The fraction of sp³-hybridized carbons (Fsp3) is 0.222. The van der Waals surface area contributed by atoms with E-state index in [2.05, 4.69) is 9.47 Å². The maximum Gasteiger partial charge on any atom is 0.513 e. The molecule has 0 radical (unpaired) electrons. The van der Waals surface area contributed by atoms with E-state index >= 15 is 0 Å². The molecule has 0 atom stereocenters. The Balaban J connectivity index is 3.03. The number of carbonyl (C=O) groups excluding carboxylic acids is 1. The Morgan fingerprint density at radius 2 is 2.00 bits per heavy atom. The number of hydrogen-bond acceptors (Lipinski definition) is 3. The number of carbonyl (C=O) groups is 1. The van der Waals surface area contributed by atoms with Gasteiger partial charge in [0.15, 0.2) is 0 Å². The Morgan fingerprint density at radius 3 is 2.50 bits per heavy atom. The highest BCUT2D eigenvalue weighted by Gasteiger charge is 2.33. The van der Waals surface area contributed by atoms with Crippen molar-refractivity contribution in [2.75, 3.05) is 7.11 Å². The summed E-state index contributed by atoms with van der Waals surface area (Å²) in [6.45, 7) is 0. The van der Waals surface area contributed by atoms with Gasteiger partial charge in [0.1, 0.15) is 5.75 Å². The van der Waals surface area contributed by atoms with E-state index in [0.717, 1.165) is 19.2 Å². The Labute approximate surface area is 93.7 Å². The van der Waals surface area contributed by atoms with Crippen LogP contribution in [0.25, 0.3) is 0 Å². The van der Waals surface area contributed by atoms with Gasteiger partial charge in [0, 0.05) is 0 Å². The van der Waals surface area contributed by atoms with Crippen molar-refractivity contribution in [1.82, 2.24) is 0 Å². The van der Waals surface area contributed by atoms with Gasteiger partial charge in [-0.1, -0.05) is 11.6 Å². The highest BCUT2D eigenvalue weighted by atomic mass is 35.5. The third-order valence-electron chi connectivity index (χ3n) is 1.61. The Hall–Kier alpha value is -1.43. The van der Waals surface area contributed by atoms with Crippen molar-refractivity contribution in [2.24, 2.45) is 0 Å². The zero-order valence-corrected chi connectivity index (χ0v) is 8.72. The molecule has 0 aliphatic heterocycles. The van der Waals surface area contributed by atoms with Gasteiger partial charge in [0.05, 0.1) is 17.7 Å². The van der Waals surface area contributed by atoms with Crippen LogP contribution in [0.4, 0.5) is 18.0 Å². The van der Waals surface area contributed by atoms with E-state index in [9.17, 15) is 18.0 Å². The van der Waals surface area contributed by atoms with Crippen LogP contribution in [-0.4, -0.2) is 13.3 Å². The molecule has 1 aromatic rings. The predicted octanol–water partition coefficient (Wildman–Crippen LogP) is 3.50. The number of methoxy groups -OCH3 is 1. The number of benzene rings is 1. The van der Waals surface area contributed by atoms with Gasteiger partial charge >= 0.3 is 12.3 Å². The first kappa shape index (κ1) is 12.6. The SMILES string of the molecule is COC(=O)Oc1ccc(Cl)c(C(F)(F)F)c1. The molecule has 0 spiro atoms. The third kappa shape index (κ3) is 3.03. The van der Waals surface area contributed by atoms with Crippen molar-refractivity contribution in [2.45, 2.75) is 6.18 Å². The number of halogens is 4. The maximum absolute atomic E-state index is 12.4. The van der Waals surface area contributed by atoms with E-state index < -0.39 is 22.9 Å². The highest BCUT2D eigenvalue weighted by Crippen LogP contribution is 2.36. The first-order chi connectivity index (χ1) is 7.34. The summed E-state index contributed by atoms with van der Waals surface area (Å²) < 4.78 is 45.7. The van der Waals surface area contributed by atoms with Crippen LogP contribution in [0.1, 0.15) is 5.56 Å². The van der Waals surface area contributed by atoms with Crippen molar-refractivity contribution in [3.05, 3.63) is 28.8 Å². The molecule has 0 unspecified atom stereocenters. The van der Waals surface area contributed by atoms with Crippen LogP contribution in [-0.2, 0) is 10.9 Å². The van der Waals surface area contributed by atoms with Gasteiger partial charge in [0.25, 0.3) is 0 Å². The lowest BCUT2D eigenvalue weighted by Gasteiger charge is -2.10. The number of ether oxygens (including phenoxy) is 2. The third-order valence-corrected chi connectivity index (χ3v) is 1.94. The van der Waals surface area contributed by atoms with E-state index in [1.54, 1.807) is 0 Å². The van der Waals surface area contributed by atoms with Gasteiger partial charge < -0.3 is 9.47 Å². The Morgan fingerprint density at radius 1 is 1.38 bits per heavy atom. The largest absolute Gasteiger partial charge is 0.513 e. The smallest absolute Gasteiger partial charge is 0.437 e. The minimum absolute atomic E-state index is 0.288. The summed E-state index contributed by atoms with van der Waals surface area (Å²) in [5.41, 5.74) is -1.07. The average Bonchev–Trinajstić information content (AvgIpc) is 2.19. The van der Waals surface area contributed by atoms with Crippen molar-refractivity contribution < 1.29 is 27.4 Å². The number of hydrogen-bond donors (Lipinski definition) is 0. The van der Waals surface area contributed by atoms with Crippen LogP contribution in [0.3, 0.4) is 0 Å². The molecule has 16 heavy (non-hydrogen) atoms. The summed E-state index contributed by atoms with van der Waals surface area (Å²) in [7, 11) is 1.04. The highest BCUT2D eigenvalue weighted by molar-refractivity contribution is 6.31.